The lowest BCUT2D eigenvalue weighted by Gasteiger charge is -2.27. The molecule has 3 heteroatoms. The van der Waals surface area contributed by atoms with E-state index in [1.54, 1.807) is 6.20 Å². The van der Waals surface area contributed by atoms with Gasteiger partial charge in [-0.15, -0.1) is 0 Å². The standard InChI is InChI=1S/C23H24N2O/c1-3-11-21-19(8-1)10-5-12-22(21)25-16-20-9-2-4-13-23(20)26-17-18-7-6-14-24-15-18/h1-4,6-9,11,13-15,22,25H,5,10,12,16-17H2. The number of pyridine rings is 1. The van der Waals surface area contributed by atoms with Crippen LogP contribution in [0.3, 0.4) is 0 Å². The van der Waals surface area contributed by atoms with E-state index in [1.807, 2.05) is 30.5 Å². The summed E-state index contributed by atoms with van der Waals surface area (Å²) in [6.07, 6.45) is 7.26. The summed E-state index contributed by atoms with van der Waals surface area (Å²) in [5.41, 5.74) is 5.21. The van der Waals surface area contributed by atoms with Gasteiger partial charge in [0.25, 0.3) is 0 Å². The van der Waals surface area contributed by atoms with Crippen molar-refractivity contribution in [3.8, 4) is 5.75 Å². The summed E-state index contributed by atoms with van der Waals surface area (Å²) in [5.74, 6) is 0.938. The molecular weight excluding hydrogens is 320 g/mol. The zero-order valence-corrected chi connectivity index (χ0v) is 14.9. The summed E-state index contributed by atoms with van der Waals surface area (Å²) < 4.78 is 6.05. The molecule has 0 radical (unpaired) electrons. The Bertz CT molecular complexity index is 848. The van der Waals surface area contributed by atoms with Crippen molar-refractivity contribution in [2.24, 2.45) is 0 Å². The number of benzene rings is 2. The van der Waals surface area contributed by atoms with Crippen molar-refractivity contribution in [2.75, 3.05) is 0 Å². The Labute approximate surface area is 155 Å². The van der Waals surface area contributed by atoms with Gasteiger partial charge in [-0.3, -0.25) is 4.98 Å². The van der Waals surface area contributed by atoms with Gasteiger partial charge in [0.05, 0.1) is 0 Å². The molecule has 0 amide bonds. The van der Waals surface area contributed by atoms with E-state index in [2.05, 4.69) is 46.7 Å². The number of aryl methyl sites for hydroxylation is 1. The fourth-order valence-corrected chi connectivity index (χ4v) is 3.63. The maximum atomic E-state index is 6.05. The molecule has 0 saturated heterocycles. The van der Waals surface area contributed by atoms with Crippen LogP contribution in [0, 0.1) is 0 Å². The average Bonchev–Trinajstić information content (AvgIpc) is 2.72. The van der Waals surface area contributed by atoms with Crippen LogP contribution in [-0.2, 0) is 19.6 Å². The fraction of sp³-hybridized carbons (Fsp3) is 0.261. The minimum absolute atomic E-state index is 0.423. The molecule has 0 bridgehead atoms. The number of nitrogens with zero attached hydrogens (tertiary/aromatic N) is 1. The highest BCUT2D eigenvalue weighted by Gasteiger charge is 2.19. The predicted molar refractivity (Wildman–Crippen MR) is 104 cm³/mol. The quantitative estimate of drug-likeness (QED) is 0.695. The smallest absolute Gasteiger partial charge is 0.124 e. The first-order valence-corrected chi connectivity index (χ1v) is 9.31. The fourth-order valence-electron chi connectivity index (χ4n) is 3.63. The third kappa shape index (κ3) is 3.94. The molecular formula is C23H24N2O. The van der Waals surface area contributed by atoms with Gasteiger partial charge in [0.15, 0.2) is 0 Å². The molecule has 1 heterocycles. The molecule has 0 fully saturated rings. The van der Waals surface area contributed by atoms with Crippen molar-refractivity contribution < 1.29 is 4.74 Å². The molecule has 1 unspecified atom stereocenters. The van der Waals surface area contributed by atoms with Crippen molar-refractivity contribution in [3.05, 3.63) is 95.3 Å². The Balaban J connectivity index is 1.43. The van der Waals surface area contributed by atoms with E-state index in [4.69, 9.17) is 4.74 Å². The Morgan fingerprint density at radius 1 is 1.00 bits per heavy atom. The van der Waals surface area contributed by atoms with E-state index in [-0.39, 0.29) is 0 Å². The number of nitrogens with one attached hydrogen (secondary N) is 1. The summed E-state index contributed by atoms with van der Waals surface area (Å²) >= 11 is 0. The topological polar surface area (TPSA) is 34.1 Å². The maximum Gasteiger partial charge on any atom is 0.124 e. The summed E-state index contributed by atoms with van der Waals surface area (Å²) in [5, 5.41) is 3.74. The zero-order chi connectivity index (χ0) is 17.6. The molecule has 1 N–H and O–H groups in total. The minimum Gasteiger partial charge on any atom is -0.489 e. The Morgan fingerprint density at radius 2 is 1.88 bits per heavy atom. The van der Waals surface area contributed by atoms with Crippen LogP contribution in [0.2, 0.25) is 0 Å². The van der Waals surface area contributed by atoms with Crippen LogP contribution in [0.5, 0.6) is 5.75 Å². The monoisotopic (exact) mass is 344 g/mol. The second kappa shape index (κ2) is 8.15. The van der Waals surface area contributed by atoms with Crippen molar-refractivity contribution in [1.82, 2.24) is 10.3 Å². The highest BCUT2D eigenvalue weighted by molar-refractivity contribution is 5.35. The lowest BCUT2D eigenvalue weighted by molar-refractivity contribution is 0.300. The van der Waals surface area contributed by atoms with E-state index in [0.717, 1.165) is 17.9 Å². The van der Waals surface area contributed by atoms with Gasteiger partial charge in [-0.2, -0.15) is 0 Å². The summed E-state index contributed by atoms with van der Waals surface area (Å²) in [7, 11) is 0. The number of hydrogen-bond donors (Lipinski definition) is 1. The second-order valence-corrected chi connectivity index (χ2v) is 6.78. The van der Waals surface area contributed by atoms with E-state index >= 15 is 0 Å². The van der Waals surface area contributed by atoms with Crippen LogP contribution in [0.15, 0.2) is 73.1 Å². The van der Waals surface area contributed by atoms with Gasteiger partial charge in [-0.25, -0.2) is 0 Å². The van der Waals surface area contributed by atoms with Crippen molar-refractivity contribution in [2.45, 2.75) is 38.5 Å². The van der Waals surface area contributed by atoms with Gasteiger partial charge in [-0.1, -0.05) is 48.5 Å². The van der Waals surface area contributed by atoms with Crippen LogP contribution in [-0.4, -0.2) is 4.98 Å². The van der Waals surface area contributed by atoms with E-state index in [9.17, 15) is 0 Å². The molecule has 1 aliphatic rings. The third-order valence-corrected chi connectivity index (χ3v) is 5.00. The molecule has 26 heavy (non-hydrogen) atoms. The largest absolute Gasteiger partial charge is 0.489 e. The Hall–Kier alpha value is -2.65. The van der Waals surface area contributed by atoms with Crippen LogP contribution >= 0.6 is 0 Å². The molecule has 2 aromatic carbocycles. The Kier molecular flexibility index (Phi) is 5.27. The molecule has 3 aromatic rings. The summed E-state index contributed by atoms with van der Waals surface area (Å²) in [6.45, 7) is 1.35. The number of hydrogen-bond acceptors (Lipinski definition) is 3. The minimum atomic E-state index is 0.423. The number of fused-ring (bicyclic) bond motifs is 1. The van der Waals surface area contributed by atoms with Gasteiger partial charge in [0.2, 0.25) is 0 Å². The molecule has 0 spiro atoms. The van der Waals surface area contributed by atoms with Gasteiger partial charge in [-0.05, 0) is 42.5 Å². The van der Waals surface area contributed by atoms with Gasteiger partial charge < -0.3 is 10.1 Å². The van der Waals surface area contributed by atoms with Crippen molar-refractivity contribution >= 4 is 0 Å². The lowest BCUT2D eigenvalue weighted by Crippen LogP contribution is -2.25. The lowest BCUT2D eigenvalue weighted by atomic mass is 9.87. The summed E-state index contributed by atoms with van der Waals surface area (Å²) in [6, 6.07) is 21.5. The van der Waals surface area contributed by atoms with Gasteiger partial charge in [0, 0.05) is 36.1 Å². The molecule has 1 aliphatic carbocycles. The number of aromatic nitrogens is 1. The van der Waals surface area contributed by atoms with E-state index in [1.165, 1.54) is 36.0 Å². The number of rotatable bonds is 6. The second-order valence-electron chi connectivity index (χ2n) is 6.78. The summed E-state index contributed by atoms with van der Waals surface area (Å²) in [4.78, 5) is 4.15. The molecule has 1 atom stereocenters. The maximum absolute atomic E-state index is 6.05. The molecule has 0 aliphatic heterocycles. The molecule has 0 saturated carbocycles. The van der Waals surface area contributed by atoms with Crippen molar-refractivity contribution in [1.29, 1.82) is 0 Å². The SMILES string of the molecule is c1cncc(COc2ccccc2CNC2CCCc3ccccc32)c1. The predicted octanol–water partition coefficient (Wildman–Crippen LogP) is 4.83. The van der Waals surface area contributed by atoms with Crippen LogP contribution in [0.1, 0.15) is 41.1 Å². The zero-order valence-electron chi connectivity index (χ0n) is 14.9. The highest BCUT2D eigenvalue weighted by Crippen LogP contribution is 2.30. The highest BCUT2D eigenvalue weighted by atomic mass is 16.5. The van der Waals surface area contributed by atoms with Gasteiger partial charge in [0.1, 0.15) is 12.4 Å². The Morgan fingerprint density at radius 3 is 2.81 bits per heavy atom. The molecule has 4 rings (SSSR count). The average molecular weight is 344 g/mol. The van der Waals surface area contributed by atoms with Gasteiger partial charge >= 0.3 is 0 Å². The molecule has 1 aromatic heterocycles. The van der Waals surface area contributed by atoms with E-state index in [0.29, 0.717) is 12.6 Å². The number of ether oxygens (including phenoxy) is 1. The molecule has 3 nitrogen and oxygen atoms in total. The first-order chi connectivity index (χ1) is 12.9. The number of para-hydroxylation sites is 1. The van der Waals surface area contributed by atoms with Crippen LogP contribution in [0.4, 0.5) is 0 Å². The van der Waals surface area contributed by atoms with E-state index < -0.39 is 0 Å². The van der Waals surface area contributed by atoms with Crippen molar-refractivity contribution in [3.63, 3.8) is 0 Å². The van der Waals surface area contributed by atoms with Crippen LogP contribution < -0.4 is 10.1 Å². The normalized spacial score (nSPS) is 16.1. The molecule has 132 valence electrons. The first kappa shape index (κ1) is 16.8. The first-order valence-electron chi connectivity index (χ1n) is 9.31. The third-order valence-electron chi connectivity index (χ3n) is 5.00. The van der Waals surface area contributed by atoms with Crippen LogP contribution in [0.25, 0.3) is 0 Å².